The van der Waals surface area contributed by atoms with Gasteiger partial charge in [-0.2, -0.15) is 35.3 Å². The second-order valence-electron chi connectivity index (χ2n) is 37.5. The molecule has 1 aromatic heterocycles. The Morgan fingerprint density at radius 1 is 0.463 bits per heavy atom. The maximum atomic E-state index is 15.5. The van der Waals surface area contributed by atoms with Crippen molar-refractivity contribution in [3.8, 4) is 0 Å². The number of carbonyl (C=O) groups is 18. The molecule has 0 unspecified atom stereocenters. The van der Waals surface area contributed by atoms with E-state index < -0.39 is 278 Å². The number of carbonyl (C=O) groups excluding carboxylic acids is 17. The van der Waals surface area contributed by atoms with Gasteiger partial charge in [-0.25, -0.2) is 4.79 Å². The van der Waals surface area contributed by atoms with Gasteiger partial charge >= 0.3 is 5.97 Å². The van der Waals surface area contributed by atoms with E-state index in [9.17, 15) is 24.3 Å². The van der Waals surface area contributed by atoms with E-state index in [0.717, 1.165) is 35.3 Å². The molecule has 7 rings (SSSR count). The van der Waals surface area contributed by atoms with E-state index in [-0.39, 0.29) is 183 Å². The first-order chi connectivity index (χ1) is 70.8. The SMILES string of the molecule is CC(C)C[C@@H]1NC(=O)[C@H](CCC(N)=O)NC(=O)[C@H](CCCNC(=N)N)NC(=O)[C@@H]2CSCCC(=O)N3CN(CN(C3)C(=O)CCSC[C@H](NC(=O)[C@@H](N)CCCNC(=N)N)C(=O)N[C@@H](Cc3ccccc3)C(=O)N[C@@H](CCCNC(=N)N)C(=O)N[C@@H](CC(C)C)C(=O)N3CCC[C@H]3C(=O)N2)C(=O)CCSC[C@@H](C(=O)N[C@@H](CCCNC(=N)N)C(=O)N[C@@H](Cc2c[nH]c3ccccc23)C(=O)O)NC(=O)[C@H](CCCNC(=N)N)NC1=O. The molecular formula is C93H148N34O19S3. The molecule has 3 aromatic rings. The summed E-state index contributed by atoms with van der Waals surface area (Å²) in [7, 11) is 0. The molecular weight excluding hydrogens is 1990 g/mol. The lowest BCUT2D eigenvalue weighted by atomic mass is 10.0. The highest BCUT2D eigenvalue weighted by Gasteiger charge is 2.44. The molecule has 0 spiro atoms. The summed E-state index contributed by atoms with van der Waals surface area (Å²) in [5, 5.41) is 95.8. The lowest BCUT2D eigenvalue weighted by Crippen LogP contribution is -2.61. The summed E-state index contributed by atoms with van der Waals surface area (Å²) in [6.07, 6.45) is -2.09. The first kappa shape index (κ1) is 122. The number of nitrogens with two attached hydrogens (primary N) is 7. The van der Waals surface area contributed by atoms with Crippen LogP contribution in [0, 0.1) is 38.9 Å². The Morgan fingerprint density at radius 2 is 0.899 bits per heavy atom. The zero-order valence-electron chi connectivity index (χ0n) is 84.3. The third kappa shape index (κ3) is 42.9. The highest BCUT2D eigenvalue weighted by molar-refractivity contribution is 7.99. The van der Waals surface area contributed by atoms with E-state index in [1.165, 1.54) is 19.6 Å². The average molecular weight is 2140 g/mol. The predicted molar refractivity (Wildman–Crippen MR) is 560 cm³/mol. The minimum Gasteiger partial charge on any atom is -0.480 e. The number of rotatable bonds is 38. The molecule has 38 N–H and O–H groups in total. The maximum absolute atomic E-state index is 15.5. The van der Waals surface area contributed by atoms with Crippen LogP contribution in [-0.4, -0.2) is 344 Å². The molecule has 5 heterocycles. The van der Waals surface area contributed by atoms with Crippen LogP contribution in [0.5, 0.6) is 0 Å². The fourth-order valence-corrected chi connectivity index (χ4v) is 19.6. The number of H-pyrrole nitrogens is 1. The molecule has 14 atom stereocenters. The summed E-state index contributed by atoms with van der Waals surface area (Å²) in [6, 6.07) is -6.62. The number of nitrogens with zero attached hydrogens (tertiary/aromatic N) is 4. The van der Waals surface area contributed by atoms with E-state index in [2.05, 4.69) is 95.4 Å². The van der Waals surface area contributed by atoms with Crippen molar-refractivity contribution in [2.75, 3.05) is 93.8 Å². The van der Waals surface area contributed by atoms with Crippen molar-refractivity contribution in [3.63, 3.8) is 0 Å². The van der Waals surface area contributed by atoms with Gasteiger partial charge in [-0.15, -0.1) is 0 Å². The Kier molecular flexibility index (Phi) is 51.3. The normalized spacial score (nSPS) is 22.3. The number of nitrogens with one attached hydrogen (secondary N) is 23. The molecule has 822 valence electrons. The fraction of sp³-hybridized carbons (Fsp3) is 0.602. The Balaban J connectivity index is 1.38. The first-order valence-corrected chi connectivity index (χ1v) is 53.1. The highest BCUT2D eigenvalue weighted by atomic mass is 32.2. The number of guanidine groups is 5. The summed E-state index contributed by atoms with van der Waals surface area (Å²) in [5.74, 6) is -21.7. The van der Waals surface area contributed by atoms with Crippen LogP contribution in [-0.2, 0) is 99.1 Å². The predicted octanol–water partition coefficient (Wildman–Crippen LogP) is -6.38. The van der Waals surface area contributed by atoms with Gasteiger partial charge in [0.2, 0.25) is 100 Å². The highest BCUT2D eigenvalue weighted by Crippen LogP contribution is 2.26. The van der Waals surface area contributed by atoms with Crippen molar-refractivity contribution < 1.29 is 91.4 Å². The summed E-state index contributed by atoms with van der Waals surface area (Å²) in [6.45, 7) is 5.42. The minimum absolute atomic E-state index is 0.00723. The Labute approximate surface area is 875 Å². The van der Waals surface area contributed by atoms with Crippen LogP contribution in [0.25, 0.3) is 10.9 Å². The van der Waals surface area contributed by atoms with Crippen molar-refractivity contribution >= 4 is 182 Å². The summed E-state index contributed by atoms with van der Waals surface area (Å²) in [5.41, 5.74) is 41.9. The zero-order chi connectivity index (χ0) is 110. The van der Waals surface area contributed by atoms with Crippen molar-refractivity contribution in [3.05, 3.63) is 71.9 Å². The largest absolute Gasteiger partial charge is 0.480 e. The van der Waals surface area contributed by atoms with Gasteiger partial charge < -0.3 is 160 Å². The number of aliphatic carboxylic acids is 1. The van der Waals surface area contributed by atoms with Gasteiger partial charge in [0, 0.05) is 129 Å². The number of para-hydroxylation sites is 1. The number of primary amides is 1. The average Bonchev–Trinajstić information content (AvgIpc) is 1.76. The lowest BCUT2D eigenvalue weighted by Gasteiger charge is -2.42. The molecule has 4 aliphatic heterocycles. The Morgan fingerprint density at radius 3 is 1.41 bits per heavy atom. The number of aromatic nitrogens is 1. The molecule has 56 heteroatoms. The summed E-state index contributed by atoms with van der Waals surface area (Å²) >= 11 is 2.86. The van der Waals surface area contributed by atoms with E-state index in [0.29, 0.717) is 22.0 Å². The molecule has 149 heavy (non-hydrogen) atoms. The van der Waals surface area contributed by atoms with E-state index in [4.69, 9.17) is 67.2 Å². The van der Waals surface area contributed by atoms with Crippen LogP contribution in [0.2, 0.25) is 0 Å². The lowest BCUT2D eigenvalue weighted by molar-refractivity contribution is -0.158. The van der Waals surface area contributed by atoms with Crippen molar-refractivity contribution in [1.82, 2.24) is 115 Å². The standard InChI is InChI=1S/C93H148N34O19S3/c1-51(2)40-63-81(138)112-61(24-14-35-110-93(104)105)79(136)122-68(83(140)115-60(23-13-34-109-92(102)103)78(135)120-66(88(145)146)43-54-44-111-57-20-9-8-18-55(54)57)46-148-38-29-73(130)125-48-124-49-126(50-125)74(131)30-39-149-47-69(84(141)114-58(21-11-32-107-90(98)99)76(133)116-62(80(137)117-63)26-27-71(95)128)123-86(143)70-25-15-36-127(70)87(144)65(41-52(3)4)119-77(134)59(22-12-33-108-91(100)101)113-82(139)64(42-53-16-6-5-7-17-53)118-85(142)67(45-147-37-28-72(124)129)121-75(132)56(94)19-10-31-106-89(96)97/h5-9,16-18,20,44,51-52,56,58-70,111H,10-15,19,21-43,45-50,94H2,1-4H3,(H2,95,128)(H,112,138)(H,113,139)(H,114,141)(H,115,140)(H,116,133)(H,117,137)(H,118,142)(H,119,134)(H,120,135)(H,121,132)(H,122,136)(H,123,143)(H,145,146)(H4,96,97,106)(H4,98,99,107)(H4,100,101,108)(H4,102,103,109)(H4,104,105,110)/t56-,58-,59-,60-,61-,62-,63-,64-,65-,66-,67-,68-,69-,70-/m0/s1. The first-order valence-electron chi connectivity index (χ1n) is 49.6. The molecule has 4 aliphatic rings. The summed E-state index contributed by atoms with van der Waals surface area (Å²) in [4.78, 5) is 276. The quantitative estimate of drug-likeness (QED) is 0.0144. The van der Waals surface area contributed by atoms with Gasteiger partial charge in [0.1, 0.15) is 78.5 Å². The number of benzene rings is 2. The van der Waals surface area contributed by atoms with Crippen LogP contribution >= 0.6 is 35.3 Å². The maximum Gasteiger partial charge on any atom is 0.326 e. The monoisotopic (exact) mass is 2140 g/mol. The van der Waals surface area contributed by atoms with Gasteiger partial charge in [-0.3, -0.25) is 109 Å². The second-order valence-corrected chi connectivity index (χ2v) is 40.9. The third-order valence-electron chi connectivity index (χ3n) is 24.5. The Bertz CT molecular complexity index is 5160. The molecule has 0 saturated carbocycles. The number of fused-ring (bicyclic) bond motifs is 9. The van der Waals surface area contributed by atoms with Gasteiger partial charge in [-0.1, -0.05) is 76.2 Å². The third-order valence-corrected chi connectivity index (χ3v) is 27.7. The summed E-state index contributed by atoms with van der Waals surface area (Å²) < 4.78 is 0. The Hall–Kier alpha value is -14.2. The molecule has 4 bridgehead atoms. The van der Waals surface area contributed by atoms with Crippen molar-refractivity contribution in [2.45, 2.75) is 247 Å². The van der Waals surface area contributed by atoms with Gasteiger partial charge in [-0.05, 0) is 125 Å². The zero-order valence-corrected chi connectivity index (χ0v) is 86.8. The van der Waals surface area contributed by atoms with Crippen LogP contribution in [0.4, 0.5) is 0 Å². The molecule has 0 aliphatic carbocycles. The number of hydrogen-bond donors (Lipinski definition) is 31. The number of carboxylic acids is 1. The molecule has 4 saturated heterocycles. The van der Waals surface area contributed by atoms with Gasteiger partial charge in [0.15, 0.2) is 29.8 Å². The molecule has 2 aromatic carbocycles. The number of hydrogen-bond acceptors (Lipinski definition) is 27. The van der Waals surface area contributed by atoms with Crippen molar-refractivity contribution in [2.24, 2.45) is 52.0 Å². The fourth-order valence-electron chi connectivity index (χ4n) is 16.7. The topological polar surface area (TPSA) is 862 Å². The molecule has 17 amide bonds. The van der Waals surface area contributed by atoms with E-state index in [1.807, 2.05) is 0 Å². The number of aromatic amines is 1. The smallest absolute Gasteiger partial charge is 0.326 e. The van der Waals surface area contributed by atoms with Crippen molar-refractivity contribution in [1.29, 1.82) is 27.0 Å². The molecule has 53 nitrogen and oxygen atoms in total. The van der Waals surface area contributed by atoms with Crippen LogP contribution < -0.4 is 131 Å². The number of thioether (sulfide) groups is 3. The second kappa shape index (κ2) is 62.8. The minimum atomic E-state index is -1.78. The van der Waals surface area contributed by atoms with E-state index >= 15 is 67.1 Å². The van der Waals surface area contributed by atoms with Gasteiger partial charge in [0.05, 0.1) is 26.0 Å². The van der Waals surface area contributed by atoms with Crippen LogP contribution in [0.15, 0.2) is 60.8 Å². The molecule has 0 radical (unpaired) electrons. The van der Waals surface area contributed by atoms with Crippen LogP contribution in [0.3, 0.4) is 0 Å². The van der Waals surface area contributed by atoms with Crippen LogP contribution in [0.1, 0.15) is 161 Å². The van der Waals surface area contributed by atoms with Gasteiger partial charge in [0.25, 0.3) is 0 Å². The van der Waals surface area contributed by atoms with E-state index in [1.54, 1.807) is 88.5 Å². The number of carboxylic acid groups (broad SMARTS) is 1. The number of amides is 17. The molecule has 4 fully saturated rings.